The molecule has 0 amide bonds. The average molecular weight is 321 g/mol. The standard InChI is InChI=1S/C17H14O4S/c1-10(17(19)20)11-6-7-15-12(8-11)9-14(18)13-4-2-3-5-16(13)22(15)21/h2-8,10H,9H2,1H3,(H,19,20)/i1D3,2D,3D,4D,5D. The Morgan fingerprint density at radius 2 is 2.14 bits per heavy atom. The maximum absolute atomic E-state index is 13.1. The zero-order valence-corrected chi connectivity index (χ0v) is 11.9. The molecule has 0 bridgehead atoms. The minimum atomic E-state index is -2.85. The Hall–Kier alpha value is -2.27. The number of ketones is 1. The van der Waals surface area contributed by atoms with E-state index in [9.17, 15) is 18.9 Å². The maximum atomic E-state index is 13.1. The molecule has 3 rings (SSSR count). The first kappa shape index (κ1) is 8.39. The third kappa shape index (κ3) is 2.37. The molecule has 2 atom stereocenters. The van der Waals surface area contributed by atoms with Crippen LogP contribution in [-0.4, -0.2) is 21.1 Å². The molecule has 1 aliphatic rings. The molecule has 22 heavy (non-hydrogen) atoms. The molecule has 112 valence electrons. The molecule has 0 aliphatic carbocycles. The van der Waals surface area contributed by atoms with Gasteiger partial charge in [0.1, 0.15) is 0 Å². The lowest BCUT2D eigenvalue weighted by Gasteiger charge is -2.11. The van der Waals surface area contributed by atoms with Gasteiger partial charge in [0, 0.05) is 21.0 Å². The number of carbonyl (C=O) groups is 2. The van der Waals surface area contributed by atoms with Crippen molar-refractivity contribution < 1.29 is 28.5 Å². The highest BCUT2D eigenvalue weighted by atomic mass is 32.2. The smallest absolute Gasteiger partial charge is 0.310 e. The van der Waals surface area contributed by atoms with Gasteiger partial charge in [-0.2, -0.15) is 0 Å². The van der Waals surface area contributed by atoms with Gasteiger partial charge in [0.15, 0.2) is 5.78 Å². The summed E-state index contributed by atoms with van der Waals surface area (Å²) in [7, 11) is -2.14. The Labute approximate surface area is 140 Å². The fraction of sp³-hybridized carbons (Fsp3) is 0.176. The molecule has 1 heterocycles. The Balaban J connectivity index is 2.25. The van der Waals surface area contributed by atoms with Crippen LogP contribution in [0.1, 0.15) is 43.8 Å². The molecule has 1 N–H and O–H groups in total. The minimum absolute atomic E-state index is 0.0700. The van der Waals surface area contributed by atoms with Crippen LogP contribution < -0.4 is 0 Å². The number of hydrogen-bond acceptors (Lipinski definition) is 3. The van der Waals surface area contributed by atoms with Crippen molar-refractivity contribution in [3.05, 3.63) is 59.1 Å². The van der Waals surface area contributed by atoms with Crippen molar-refractivity contribution in [1.82, 2.24) is 0 Å². The quantitative estimate of drug-likeness (QED) is 0.923. The summed E-state index contributed by atoms with van der Waals surface area (Å²) in [5, 5.41) is 9.32. The molecule has 0 saturated heterocycles. The second-order valence-electron chi connectivity index (χ2n) is 4.71. The third-order valence-corrected chi connectivity index (χ3v) is 4.81. The van der Waals surface area contributed by atoms with Gasteiger partial charge in [-0.15, -0.1) is 0 Å². The molecular formula is C17H14O4S. The number of benzene rings is 2. The lowest BCUT2D eigenvalue weighted by molar-refractivity contribution is -0.138. The zero-order chi connectivity index (χ0) is 21.8. The van der Waals surface area contributed by atoms with Crippen molar-refractivity contribution in [2.45, 2.75) is 29.0 Å². The van der Waals surface area contributed by atoms with Crippen LogP contribution in [0.3, 0.4) is 0 Å². The van der Waals surface area contributed by atoms with Gasteiger partial charge < -0.3 is 5.11 Å². The van der Waals surface area contributed by atoms with E-state index >= 15 is 0 Å². The molecule has 5 heteroatoms. The Bertz CT molecular complexity index is 1090. The molecule has 0 aromatic heterocycles. The van der Waals surface area contributed by atoms with E-state index in [0.717, 1.165) is 0 Å². The molecule has 1 aliphatic heterocycles. The van der Waals surface area contributed by atoms with E-state index in [1.807, 2.05) is 0 Å². The highest BCUT2D eigenvalue weighted by molar-refractivity contribution is 7.85. The van der Waals surface area contributed by atoms with Crippen molar-refractivity contribution in [2.75, 3.05) is 0 Å². The lowest BCUT2D eigenvalue weighted by Crippen LogP contribution is -2.09. The fourth-order valence-corrected chi connectivity index (χ4v) is 3.52. The molecule has 2 unspecified atom stereocenters. The summed E-state index contributed by atoms with van der Waals surface area (Å²) in [5.41, 5.74) is -0.348. The fourth-order valence-electron chi connectivity index (χ4n) is 2.25. The van der Waals surface area contributed by atoms with Gasteiger partial charge in [0.25, 0.3) is 0 Å². The van der Waals surface area contributed by atoms with E-state index in [2.05, 4.69) is 0 Å². The maximum Gasteiger partial charge on any atom is 0.310 e. The third-order valence-electron chi connectivity index (χ3n) is 3.33. The molecule has 0 fully saturated rings. The van der Waals surface area contributed by atoms with Crippen molar-refractivity contribution in [2.24, 2.45) is 0 Å². The van der Waals surface area contributed by atoms with Crippen molar-refractivity contribution in [3.8, 4) is 0 Å². The van der Waals surface area contributed by atoms with Gasteiger partial charge in [-0.05, 0) is 30.1 Å². The highest BCUT2D eigenvalue weighted by Crippen LogP contribution is 2.31. The molecular weight excluding hydrogens is 300 g/mol. The van der Waals surface area contributed by atoms with Crippen LogP contribution in [0.25, 0.3) is 0 Å². The van der Waals surface area contributed by atoms with E-state index in [-0.39, 0.29) is 26.5 Å². The van der Waals surface area contributed by atoms with Gasteiger partial charge in [-0.1, -0.05) is 30.3 Å². The van der Waals surface area contributed by atoms with Crippen LogP contribution in [-0.2, 0) is 22.0 Å². The average Bonchev–Trinajstić information content (AvgIpc) is 2.70. The van der Waals surface area contributed by atoms with E-state index in [1.165, 1.54) is 18.2 Å². The molecule has 0 spiro atoms. The molecule has 0 radical (unpaired) electrons. The van der Waals surface area contributed by atoms with Crippen molar-refractivity contribution >= 4 is 22.6 Å². The molecule has 2 aromatic rings. The number of fused-ring (bicyclic) bond motifs is 2. The van der Waals surface area contributed by atoms with E-state index < -0.39 is 65.9 Å². The summed E-state index contributed by atoms with van der Waals surface area (Å²) in [6.07, 6.45) is -0.405. The monoisotopic (exact) mass is 321 g/mol. The number of carboxylic acid groups (broad SMARTS) is 1. The predicted octanol–water partition coefficient (Wildman–Crippen LogP) is 2.78. The second-order valence-corrected chi connectivity index (χ2v) is 6.10. The van der Waals surface area contributed by atoms with E-state index in [4.69, 9.17) is 9.60 Å². The predicted molar refractivity (Wildman–Crippen MR) is 81.6 cm³/mol. The van der Waals surface area contributed by atoms with Crippen LogP contribution in [0.15, 0.2) is 52.2 Å². The summed E-state index contributed by atoms with van der Waals surface area (Å²) in [5.74, 6) is -4.13. The number of carboxylic acids is 1. The van der Waals surface area contributed by atoms with Crippen LogP contribution in [0.2, 0.25) is 0 Å². The second kappa shape index (κ2) is 5.50. The van der Waals surface area contributed by atoms with Crippen molar-refractivity contribution in [1.29, 1.82) is 0 Å². The highest BCUT2D eigenvalue weighted by Gasteiger charge is 2.26. The number of aliphatic carboxylic acids is 1. The summed E-state index contributed by atoms with van der Waals surface area (Å²) in [6, 6.07) is 1.20. The first-order valence-corrected chi connectivity index (χ1v) is 7.42. The van der Waals surface area contributed by atoms with Gasteiger partial charge >= 0.3 is 5.97 Å². The summed E-state index contributed by atoms with van der Waals surface area (Å²) >= 11 is 0. The van der Waals surface area contributed by atoms with Crippen molar-refractivity contribution in [3.63, 3.8) is 0 Å². The first-order valence-electron chi connectivity index (χ1n) is 9.77. The molecule has 0 saturated carbocycles. The van der Waals surface area contributed by atoms with E-state index in [1.54, 1.807) is 0 Å². The van der Waals surface area contributed by atoms with Gasteiger partial charge in [-0.3, -0.25) is 9.59 Å². The van der Waals surface area contributed by atoms with Gasteiger partial charge in [0.05, 0.1) is 27.1 Å². The summed E-state index contributed by atoms with van der Waals surface area (Å²) in [4.78, 5) is 24.0. The summed E-state index contributed by atoms with van der Waals surface area (Å²) < 4.78 is 67.0. The Morgan fingerprint density at radius 1 is 1.36 bits per heavy atom. The van der Waals surface area contributed by atoms with E-state index in [0.29, 0.717) is 0 Å². The molecule has 2 aromatic carbocycles. The Morgan fingerprint density at radius 3 is 2.86 bits per heavy atom. The summed E-state index contributed by atoms with van der Waals surface area (Å²) in [6.45, 7) is -2.85. The SMILES string of the molecule is [2H]c1c([2H])c([2H])c2c(c1[2H])C(=O)Cc1cc(C(C(=O)O)C([2H])([2H])[2H])ccc1S2=O. The normalized spacial score (nSPS) is 23.2. The number of rotatable bonds is 2. The number of Topliss-reactive ketones (excluding diaryl/α,β-unsaturated/α-hetero) is 1. The topological polar surface area (TPSA) is 71.4 Å². The molecule has 4 nitrogen and oxygen atoms in total. The largest absolute Gasteiger partial charge is 0.481 e. The first-order chi connectivity index (χ1) is 13.4. The van der Waals surface area contributed by atoms with Crippen LogP contribution in [0.5, 0.6) is 0 Å². The minimum Gasteiger partial charge on any atom is -0.481 e. The van der Waals surface area contributed by atoms with Crippen LogP contribution in [0, 0.1) is 0 Å². The van der Waals surface area contributed by atoms with Gasteiger partial charge in [-0.25, -0.2) is 4.21 Å². The lowest BCUT2D eigenvalue weighted by atomic mass is 9.96. The van der Waals surface area contributed by atoms with Gasteiger partial charge in [0.2, 0.25) is 0 Å². The van der Waals surface area contributed by atoms with Crippen LogP contribution >= 0.6 is 0 Å². The Kier molecular flexibility index (Phi) is 2.09. The number of carbonyl (C=O) groups excluding carboxylic acids is 1. The van der Waals surface area contributed by atoms with Crippen LogP contribution in [0.4, 0.5) is 0 Å². The zero-order valence-electron chi connectivity index (χ0n) is 18.1. The number of hydrogen-bond donors (Lipinski definition) is 1.